The van der Waals surface area contributed by atoms with Crippen LogP contribution in [0.1, 0.15) is 21.9 Å². The molecule has 0 bridgehead atoms. The van der Waals surface area contributed by atoms with Gasteiger partial charge < -0.3 is 19.3 Å². The lowest BCUT2D eigenvalue weighted by atomic mass is 10.1. The number of aliphatic hydroxyl groups is 1. The molecule has 0 aromatic carbocycles. The van der Waals surface area contributed by atoms with Crippen molar-refractivity contribution >= 4 is 5.97 Å². The lowest BCUT2D eigenvalue weighted by molar-refractivity contribution is -0.138. The fourth-order valence-corrected chi connectivity index (χ4v) is 1.99. The summed E-state index contributed by atoms with van der Waals surface area (Å²) in [6.07, 6.45) is 1.43. The zero-order chi connectivity index (χ0) is 15.0. The molecular formula is C13H11N3O5. The molecule has 0 amide bonds. The van der Waals surface area contributed by atoms with Gasteiger partial charge in [-0.2, -0.15) is 9.97 Å². The molecular weight excluding hydrogens is 278 g/mol. The van der Waals surface area contributed by atoms with E-state index in [9.17, 15) is 9.90 Å². The van der Waals surface area contributed by atoms with Gasteiger partial charge in [0, 0.05) is 6.20 Å². The quantitative estimate of drug-likeness (QED) is 0.802. The number of pyridine rings is 1. The Hall–Kier alpha value is -2.74. The van der Waals surface area contributed by atoms with Crippen molar-refractivity contribution in [2.75, 3.05) is 14.2 Å². The van der Waals surface area contributed by atoms with E-state index in [2.05, 4.69) is 15.0 Å². The highest BCUT2D eigenvalue weighted by atomic mass is 16.7. The number of nitrogens with zero attached hydrogens (tertiary/aromatic N) is 3. The second-order valence-corrected chi connectivity index (χ2v) is 4.21. The van der Waals surface area contributed by atoms with Crippen LogP contribution in [-0.4, -0.2) is 40.2 Å². The van der Waals surface area contributed by atoms with Crippen LogP contribution in [0.3, 0.4) is 0 Å². The molecule has 1 N–H and O–H groups in total. The molecule has 0 aliphatic carbocycles. The summed E-state index contributed by atoms with van der Waals surface area (Å²) in [5.41, 5.74) is 0.190. The minimum Gasteiger partial charge on any atom is -0.481 e. The summed E-state index contributed by atoms with van der Waals surface area (Å²) in [6.45, 7) is 0. The van der Waals surface area contributed by atoms with Crippen molar-refractivity contribution in [1.82, 2.24) is 15.0 Å². The van der Waals surface area contributed by atoms with E-state index in [4.69, 9.17) is 14.2 Å². The van der Waals surface area contributed by atoms with Crippen molar-refractivity contribution in [1.29, 1.82) is 0 Å². The van der Waals surface area contributed by atoms with Gasteiger partial charge in [-0.1, -0.05) is 0 Å². The number of carbonyl (C=O) groups excluding carboxylic acids is 1. The van der Waals surface area contributed by atoms with Crippen molar-refractivity contribution in [2.45, 2.75) is 5.79 Å². The molecule has 2 aromatic heterocycles. The van der Waals surface area contributed by atoms with Crippen molar-refractivity contribution in [3.8, 4) is 11.8 Å². The highest BCUT2D eigenvalue weighted by Gasteiger charge is 2.50. The molecule has 0 spiro atoms. The predicted molar refractivity (Wildman–Crippen MR) is 67.8 cm³/mol. The van der Waals surface area contributed by atoms with Crippen LogP contribution in [0.5, 0.6) is 11.8 Å². The van der Waals surface area contributed by atoms with Gasteiger partial charge >= 0.3 is 11.8 Å². The number of hydrogen-bond acceptors (Lipinski definition) is 8. The van der Waals surface area contributed by atoms with Crippen LogP contribution in [0, 0.1) is 0 Å². The Morgan fingerprint density at radius 1 is 1.24 bits per heavy atom. The summed E-state index contributed by atoms with van der Waals surface area (Å²) in [6, 6.07) is 4.50. The molecule has 0 radical (unpaired) electrons. The second-order valence-electron chi connectivity index (χ2n) is 4.21. The lowest BCUT2D eigenvalue weighted by Crippen LogP contribution is -2.31. The summed E-state index contributed by atoms with van der Waals surface area (Å²) in [4.78, 5) is 23.8. The number of fused-ring (bicyclic) bond motifs is 1. The summed E-state index contributed by atoms with van der Waals surface area (Å²) in [7, 11) is 2.81. The first-order valence-electron chi connectivity index (χ1n) is 5.97. The number of hydrogen-bond donors (Lipinski definition) is 1. The Morgan fingerprint density at radius 3 is 2.52 bits per heavy atom. The molecule has 0 saturated heterocycles. The molecule has 1 atom stereocenters. The Kier molecular flexibility index (Phi) is 2.95. The van der Waals surface area contributed by atoms with Gasteiger partial charge in [0.2, 0.25) is 17.6 Å². The minimum atomic E-state index is -2.17. The van der Waals surface area contributed by atoms with E-state index in [1.165, 1.54) is 32.5 Å². The van der Waals surface area contributed by atoms with Crippen LogP contribution in [0.25, 0.3) is 0 Å². The van der Waals surface area contributed by atoms with Crippen molar-refractivity contribution in [3.05, 3.63) is 41.5 Å². The largest absolute Gasteiger partial charge is 0.481 e. The zero-order valence-electron chi connectivity index (χ0n) is 11.2. The summed E-state index contributed by atoms with van der Waals surface area (Å²) >= 11 is 0. The van der Waals surface area contributed by atoms with E-state index in [0.29, 0.717) is 0 Å². The Labute approximate surface area is 119 Å². The number of ether oxygens (including phenoxy) is 3. The molecule has 8 nitrogen and oxygen atoms in total. The number of aromatic nitrogens is 3. The van der Waals surface area contributed by atoms with Crippen LogP contribution in [0.2, 0.25) is 0 Å². The van der Waals surface area contributed by atoms with Gasteiger partial charge in [-0.25, -0.2) is 4.79 Å². The average molecular weight is 289 g/mol. The number of carbonyl (C=O) groups is 1. The molecule has 0 fully saturated rings. The first-order chi connectivity index (χ1) is 10.1. The molecule has 0 saturated carbocycles. The van der Waals surface area contributed by atoms with E-state index in [1.807, 2.05) is 0 Å². The van der Waals surface area contributed by atoms with Crippen molar-refractivity contribution in [3.63, 3.8) is 0 Å². The van der Waals surface area contributed by atoms with Crippen LogP contribution >= 0.6 is 0 Å². The number of rotatable bonds is 3. The molecule has 3 heterocycles. The first kappa shape index (κ1) is 13.3. The molecule has 3 rings (SSSR count). The van der Waals surface area contributed by atoms with Crippen LogP contribution in [-0.2, 0) is 10.5 Å². The molecule has 8 heteroatoms. The molecule has 108 valence electrons. The summed E-state index contributed by atoms with van der Waals surface area (Å²) in [5.74, 6) is -2.75. The minimum absolute atomic E-state index is 0.0327. The fraction of sp³-hybridized carbons (Fsp3) is 0.231. The maximum Gasteiger partial charge on any atom is 0.343 e. The average Bonchev–Trinajstić information content (AvgIpc) is 2.80. The topological polar surface area (TPSA) is 104 Å². The Balaban J connectivity index is 2.18. The lowest BCUT2D eigenvalue weighted by Gasteiger charge is -2.20. The number of cyclic esters (lactones) is 1. The van der Waals surface area contributed by atoms with E-state index in [0.717, 1.165) is 0 Å². The van der Waals surface area contributed by atoms with Gasteiger partial charge in [-0.3, -0.25) is 4.98 Å². The molecule has 1 aliphatic rings. The van der Waals surface area contributed by atoms with Crippen LogP contribution in [0.4, 0.5) is 0 Å². The van der Waals surface area contributed by atoms with Gasteiger partial charge in [-0.05, 0) is 12.1 Å². The molecule has 2 aromatic rings. The molecule has 1 unspecified atom stereocenters. The smallest absolute Gasteiger partial charge is 0.343 e. The first-order valence-corrected chi connectivity index (χ1v) is 5.97. The Bertz CT molecular complexity index is 698. The maximum absolute atomic E-state index is 11.8. The third kappa shape index (κ3) is 1.96. The van der Waals surface area contributed by atoms with Gasteiger partial charge in [-0.15, -0.1) is 0 Å². The number of esters is 1. The van der Waals surface area contributed by atoms with Crippen molar-refractivity contribution < 1.29 is 24.1 Å². The third-order valence-electron chi connectivity index (χ3n) is 2.99. The van der Waals surface area contributed by atoms with Crippen LogP contribution < -0.4 is 9.47 Å². The summed E-state index contributed by atoms with van der Waals surface area (Å²) in [5, 5.41) is 10.7. The molecule has 21 heavy (non-hydrogen) atoms. The highest BCUT2D eigenvalue weighted by molar-refractivity contribution is 5.94. The summed E-state index contributed by atoms with van der Waals surface area (Å²) < 4.78 is 15.0. The third-order valence-corrected chi connectivity index (χ3v) is 2.99. The van der Waals surface area contributed by atoms with Crippen molar-refractivity contribution in [2.24, 2.45) is 0 Å². The normalized spacial score (nSPS) is 19.9. The zero-order valence-corrected chi connectivity index (χ0v) is 11.2. The second kappa shape index (κ2) is 4.67. The van der Waals surface area contributed by atoms with E-state index < -0.39 is 11.8 Å². The number of methoxy groups -OCH3 is 2. The van der Waals surface area contributed by atoms with Gasteiger partial charge in [0.25, 0.3) is 0 Å². The van der Waals surface area contributed by atoms with Gasteiger partial charge in [0.1, 0.15) is 5.69 Å². The maximum atomic E-state index is 11.8. The van der Waals surface area contributed by atoms with Crippen LogP contribution in [0.15, 0.2) is 24.4 Å². The Morgan fingerprint density at radius 2 is 1.90 bits per heavy atom. The highest BCUT2D eigenvalue weighted by Crippen LogP contribution is 2.37. The SMILES string of the molecule is COc1cc(OC)nc(C2(O)OC(=O)c3cccnc32)n1. The van der Waals surface area contributed by atoms with E-state index >= 15 is 0 Å². The van der Waals surface area contributed by atoms with Gasteiger partial charge in [0.15, 0.2) is 0 Å². The van der Waals surface area contributed by atoms with Gasteiger partial charge in [0.05, 0.1) is 25.8 Å². The fourth-order valence-electron chi connectivity index (χ4n) is 1.99. The van der Waals surface area contributed by atoms with E-state index in [1.54, 1.807) is 6.07 Å². The monoisotopic (exact) mass is 289 g/mol. The predicted octanol–water partition coefficient (Wildman–Crippen LogP) is 0.253. The van der Waals surface area contributed by atoms with E-state index in [-0.39, 0.29) is 28.8 Å². The molecule has 1 aliphatic heterocycles. The standard InChI is InChI=1S/C13H11N3O5/c1-19-8-6-9(20-2)16-12(15-8)13(18)10-7(11(17)21-13)4-3-5-14-10/h3-6,18H,1-2H3.